The first-order chi connectivity index (χ1) is 10.2. The van der Waals surface area contributed by atoms with Crippen molar-refractivity contribution in [1.29, 1.82) is 5.26 Å². The normalized spacial score (nSPS) is 10.5. The van der Waals surface area contributed by atoms with E-state index in [1.807, 2.05) is 41.1 Å². The van der Waals surface area contributed by atoms with Gasteiger partial charge in [-0.3, -0.25) is 0 Å². The molecule has 0 aliphatic heterocycles. The van der Waals surface area contributed by atoms with Gasteiger partial charge in [0.2, 0.25) is 0 Å². The molecule has 104 valence electrons. The van der Waals surface area contributed by atoms with Crippen LogP contribution >= 0.6 is 0 Å². The number of benzene rings is 2. The van der Waals surface area contributed by atoms with Crippen LogP contribution in [-0.4, -0.2) is 11.7 Å². The summed E-state index contributed by atoms with van der Waals surface area (Å²) in [5.41, 5.74) is 2.14. The minimum absolute atomic E-state index is 0.336. The zero-order chi connectivity index (χ0) is 14.8. The molecule has 0 saturated carbocycles. The van der Waals surface area contributed by atoms with E-state index in [0.29, 0.717) is 12.1 Å². The van der Waals surface area contributed by atoms with Gasteiger partial charge >= 0.3 is 0 Å². The number of rotatable bonds is 3. The topological polar surface area (TPSA) is 38.0 Å². The SMILES string of the molecule is COc1ccc2c(ccn2Cc2cc(F)cc(C#N)c2)c1. The number of nitriles is 1. The molecule has 3 nitrogen and oxygen atoms in total. The van der Waals surface area contributed by atoms with E-state index in [9.17, 15) is 4.39 Å². The van der Waals surface area contributed by atoms with E-state index < -0.39 is 0 Å². The molecule has 3 aromatic rings. The standard InChI is InChI=1S/C17H13FN2O/c1-21-16-2-3-17-14(9-16)4-5-20(17)11-13-6-12(10-19)7-15(18)8-13/h2-9H,11H2,1H3. The van der Waals surface area contributed by atoms with E-state index in [0.717, 1.165) is 22.2 Å². The van der Waals surface area contributed by atoms with Crippen LogP contribution in [0.1, 0.15) is 11.1 Å². The van der Waals surface area contributed by atoms with E-state index in [1.165, 1.54) is 12.1 Å². The highest BCUT2D eigenvalue weighted by Crippen LogP contribution is 2.23. The van der Waals surface area contributed by atoms with Crippen LogP contribution in [0.5, 0.6) is 5.75 Å². The molecule has 0 fully saturated rings. The second-order valence-corrected chi connectivity index (χ2v) is 4.83. The Hall–Kier alpha value is -2.80. The summed E-state index contributed by atoms with van der Waals surface area (Å²) in [5, 5.41) is 9.97. The Bertz CT molecular complexity index is 846. The van der Waals surface area contributed by atoms with Crippen LogP contribution in [0.2, 0.25) is 0 Å². The van der Waals surface area contributed by atoms with Gasteiger partial charge in [0.15, 0.2) is 0 Å². The summed E-state index contributed by atoms with van der Waals surface area (Å²) < 4.78 is 20.7. The van der Waals surface area contributed by atoms with Crippen LogP contribution < -0.4 is 4.74 Å². The molecule has 0 bridgehead atoms. The number of ether oxygens (including phenoxy) is 1. The molecule has 0 aliphatic rings. The molecular formula is C17H13FN2O. The average molecular weight is 280 g/mol. The first-order valence-corrected chi connectivity index (χ1v) is 6.52. The van der Waals surface area contributed by atoms with Crippen LogP contribution in [0.15, 0.2) is 48.7 Å². The summed E-state index contributed by atoms with van der Waals surface area (Å²) in [6.45, 7) is 0.516. The van der Waals surface area contributed by atoms with Gasteiger partial charge in [0.05, 0.1) is 18.7 Å². The third kappa shape index (κ3) is 2.59. The van der Waals surface area contributed by atoms with E-state index in [1.54, 1.807) is 13.2 Å². The molecule has 4 heteroatoms. The summed E-state index contributed by atoms with van der Waals surface area (Å²) in [7, 11) is 1.63. The van der Waals surface area contributed by atoms with Gasteiger partial charge in [0.25, 0.3) is 0 Å². The van der Waals surface area contributed by atoms with Gasteiger partial charge in [0.1, 0.15) is 11.6 Å². The minimum atomic E-state index is -0.387. The molecule has 21 heavy (non-hydrogen) atoms. The fraction of sp³-hybridized carbons (Fsp3) is 0.118. The monoisotopic (exact) mass is 280 g/mol. The lowest BCUT2D eigenvalue weighted by Crippen LogP contribution is -1.99. The summed E-state index contributed by atoms with van der Waals surface area (Å²) in [4.78, 5) is 0. The molecule has 0 unspecified atom stereocenters. The van der Waals surface area contributed by atoms with Gasteiger partial charge in [-0.2, -0.15) is 5.26 Å². The Morgan fingerprint density at radius 3 is 2.81 bits per heavy atom. The molecule has 0 N–H and O–H groups in total. The maximum Gasteiger partial charge on any atom is 0.124 e. The molecule has 2 aromatic carbocycles. The number of aromatic nitrogens is 1. The number of fused-ring (bicyclic) bond motifs is 1. The van der Waals surface area contributed by atoms with Crippen molar-refractivity contribution in [2.45, 2.75) is 6.54 Å². The molecule has 0 amide bonds. The number of hydrogen-bond donors (Lipinski definition) is 0. The van der Waals surface area contributed by atoms with Crippen molar-refractivity contribution in [2.75, 3.05) is 7.11 Å². The third-order valence-corrected chi connectivity index (χ3v) is 3.42. The highest BCUT2D eigenvalue weighted by molar-refractivity contribution is 5.81. The third-order valence-electron chi connectivity index (χ3n) is 3.42. The highest BCUT2D eigenvalue weighted by atomic mass is 19.1. The molecule has 0 aliphatic carbocycles. The summed E-state index contributed by atoms with van der Waals surface area (Å²) in [6.07, 6.45) is 1.95. The van der Waals surface area contributed by atoms with Crippen molar-refractivity contribution in [1.82, 2.24) is 4.57 Å². The molecule has 0 radical (unpaired) electrons. The minimum Gasteiger partial charge on any atom is -0.497 e. The zero-order valence-corrected chi connectivity index (χ0v) is 11.5. The average Bonchev–Trinajstić information content (AvgIpc) is 2.88. The summed E-state index contributed by atoms with van der Waals surface area (Å²) in [6, 6.07) is 14.2. The van der Waals surface area contributed by atoms with Gasteiger partial charge in [0, 0.05) is 23.6 Å². The molecule has 0 saturated heterocycles. The van der Waals surface area contributed by atoms with Gasteiger partial charge < -0.3 is 9.30 Å². The molecule has 1 heterocycles. The fourth-order valence-electron chi connectivity index (χ4n) is 2.45. The molecule has 0 spiro atoms. The summed E-state index contributed by atoms with van der Waals surface area (Å²) in [5.74, 6) is 0.417. The van der Waals surface area contributed by atoms with E-state index in [-0.39, 0.29) is 5.82 Å². The molecule has 0 atom stereocenters. The second-order valence-electron chi connectivity index (χ2n) is 4.83. The van der Waals surface area contributed by atoms with Crippen LogP contribution in [0.3, 0.4) is 0 Å². The van der Waals surface area contributed by atoms with Gasteiger partial charge in [-0.15, -0.1) is 0 Å². The van der Waals surface area contributed by atoms with Crippen LogP contribution in [0.25, 0.3) is 10.9 Å². The lowest BCUT2D eigenvalue weighted by molar-refractivity contribution is 0.415. The molecule has 3 rings (SSSR count). The smallest absolute Gasteiger partial charge is 0.124 e. The highest BCUT2D eigenvalue weighted by Gasteiger charge is 2.05. The van der Waals surface area contributed by atoms with Gasteiger partial charge in [-0.1, -0.05) is 0 Å². The molecule has 1 aromatic heterocycles. The van der Waals surface area contributed by atoms with Gasteiger partial charge in [-0.25, -0.2) is 4.39 Å². The quantitative estimate of drug-likeness (QED) is 0.733. The van der Waals surface area contributed by atoms with Crippen molar-refractivity contribution < 1.29 is 9.13 Å². The lowest BCUT2D eigenvalue weighted by atomic mass is 10.1. The van der Waals surface area contributed by atoms with Crippen molar-refractivity contribution in [3.8, 4) is 11.8 Å². The van der Waals surface area contributed by atoms with Crippen molar-refractivity contribution >= 4 is 10.9 Å². The number of hydrogen-bond acceptors (Lipinski definition) is 2. The van der Waals surface area contributed by atoms with E-state index >= 15 is 0 Å². The van der Waals surface area contributed by atoms with Crippen molar-refractivity contribution in [3.05, 3.63) is 65.6 Å². The first-order valence-electron chi connectivity index (χ1n) is 6.52. The zero-order valence-electron chi connectivity index (χ0n) is 11.5. The van der Waals surface area contributed by atoms with Crippen LogP contribution in [0, 0.1) is 17.1 Å². The Balaban J connectivity index is 1.99. The van der Waals surface area contributed by atoms with Crippen LogP contribution in [-0.2, 0) is 6.54 Å². The first kappa shape index (κ1) is 13.2. The Labute approximate surface area is 121 Å². The largest absolute Gasteiger partial charge is 0.497 e. The Morgan fingerprint density at radius 2 is 2.05 bits per heavy atom. The maximum absolute atomic E-state index is 13.5. The predicted octanol–water partition coefficient (Wildman–Crippen LogP) is 3.71. The predicted molar refractivity (Wildman–Crippen MR) is 78.7 cm³/mol. The second kappa shape index (κ2) is 5.29. The fourth-order valence-corrected chi connectivity index (χ4v) is 2.45. The van der Waals surface area contributed by atoms with Crippen LogP contribution in [0.4, 0.5) is 4.39 Å². The van der Waals surface area contributed by atoms with E-state index in [4.69, 9.17) is 10.00 Å². The molecular weight excluding hydrogens is 267 g/mol. The van der Waals surface area contributed by atoms with Gasteiger partial charge in [-0.05, 0) is 48.0 Å². The number of nitrogens with zero attached hydrogens (tertiary/aromatic N) is 2. The van der Waals surface area contributed by atoms with Crippen molar-refractivity contribution in [2.24, 2.45) is 0 Å². The van der Waals surface area contributed by atoms with E-state index in [2.05, 4.69) is 0 Å². The Morgan fingerprint density at radius 1 is 1.19 bits per heavy atom. The Kier molecular flexibility index (Phi) is 3.33. The lowest BCUT2D eigenvalue weighted by Gasteiger charge is -2.07. The number of halogens is 1. The number of methoxy groups -OCH3 is 1. The maximum atomic E-state index is 13.5. The summed E-state index contributed by atoms with van der Waals surface area (Å²) >= 11 is 0. The van der Waals surface area contributed by atoms with Crippen molar-refractivity contribution in [3.63, 3.8) is 0 Å².